The average molecular weight is 194 g/mol. The van der Waals surface area contributed by atoms with Gasteiger partial charge in [0.05, 0.1) is 6.54 Å². The van der Waals surface area contributed by atoms with Crippen LogP contribution in [0.2, 0.25) is 0 Å². The SMILES string of the molecule is CC(CNCc1nncn1C)C1CC1. The molecule has 1 heterocycles. The summed E-state index contributed by atoms with van der Waals surface area (Å²) in [7, 11) is 1.97. The first-order chi connectivity index (χ1) is 6.77. The molecular weight excluding hydrogens is 176 g/mol. The van der Waals surface area contributed by atoms with Gasteiger partial charge in [-0.1, -0.05) is 6.92 Å². The van der Waals surface area contributed by atoms with Crippen LogP contribution >= 0.6 is 0 Å². The van der Waals surface area contributed by atoms with Gasteiger partial charge in [-0.05, 0) is 31.2 Å². The van der Waals surface area contributed by atoms with E-state index in [4.69, 9.17) is 0 Å². The number of nitrogens with zero attached hydrogens (tertiary/aromatic N) is 3. The Labute approximate surface area is 84.7 Å². The number of aromatic nitrogens is 3. The van der Waals surface area contributed by atoms with Gasteiger partial charge in [0.2, 0.25) is 0 Å². The summed E-state index contributed by atoms with van der Waals surface area (Å²) < 4.78 is 1.95. The molecule has 1 aliphatic carbocycles. The molecule has 0 aliphatic heterocycles. The van der Waals surface area contributed by atoms with Gasteiger partial charge in [0.25, 0.3) is 0 Å². The Kier molecular flexibility index (Phi) is 2.82. The lowest BCUT2D eigenvalue weighted by molar-refractivity contribution is 0.455. The fourth-order valence-corrected chi connectivity index (χ4v) is 1.71. The van der Waals surface area contributed by atoms with Crippen LogP contribution in [0, 0.1) is 11.8 Å². The molecule has 0 spiro atoms. The van der Waals surface area contributed by atoms with Gasteiger partial charge >= 0.3 is 0 Å². The highest BCUT2D eigenvalue weighted by Crippen LogP contribution is 2.36. The highest BCUT2D eigenvalue weighted by molar-refractivity contribution is 4.84. The summed E-state index contributed by atoms with van der Waals surface area (Å²) >= 11 is 0. The molecule has 1 N–H and O–H groups in total. The van der Waals surface area contributed by atoms with Crippen molar-refractivity contribution in [3.05, 3.63) is 12.2 Å². The van der Waals surface area contributed by atoms with Crippen molar-refractivity contribution < 1.29 is 0 Å². The third-order valence-corrected chi connectivity index (χ3v) is 2.98. The molecule has 0 saturated heterocycles. The van der Waals surface area contributed by atoms with Crippen molar-refractivity contribution in [2.24, 2.45) is 18.9 Å². The van der Waals surface area contributed by atoms with E-state index in [1.54, 1.807) is 6.33 Å². The Bertz CT molecular complexity index is 290. The molecule has 1 aromatic heterocycles. The van der Waals surface area contributed by atoms with Gasteiger partial charge in [-0.3, -0.25) is 0 Å². The van der Waals surface area contributed by atoms with Crippen molar-refractivity contribution in [3.63, 3.8) is 0 Å². The van der Waals surface area contributed by atoms with Crippen LogP contribution in [0.25, 0.3) is 0 Å². The van der Waals surface area contributed by atoms with Crippen LogP contribution in [-0.4, -0.2) is 21.3 Å². The zero-order valence-corrected chi connectivity index (χ0v) is 8.90. The first-order valence-electron chi connectivity index (χ1n) is 5.31. The van der Waals surface area contributed by atoms with Crippen LogP contribution in [0.3, 0.4) is 0 Å². The van der Waals surface area contributed by atoms with Crippen LogP contribution in [0.15, 0.2) is 6.33 Å². The molecule has 1 aromatic rings. The third-order valence-electron chi connectivity index (χ3n) is 2.98. The lowest BCUT2D eigenvalue weighted by Gasteiger charge is -2.10. The topological polar surface area (TPSA) is 42.7 Å². The predicted octanol–water partition coefficient (Wildman–Crippen LogP) is 0.951. The molecule has 0 radical (unpaired) electrons. The van der Waals surface area contributed by atoms with E-state index in [0.29, 0.717) is 0 Å². The van der Waals surface area contributed by atoms with Crippen molar-refractivity contribution in [1.29, 1.82) is 0 Å². The first kappa shape index (κ1) is 9.65. The lowest BCUT2D eigenvalue weighted by atomic mass is 10.1. The molecule has 14 heavy (non-hydrogen) atoms. The molecule has 1 fully saturated rings. The molecule has 0 aromatic carbocycles. The first-order valence-corrected chi connectivity index (χ1v) is 5.31. The van der Waals surface area contributed by atoms with E-state index in [1.165, 1.54) is 12.8 Å². The van der Waals surface area contributed by atoms with Gasteiger partial charge in [-0.15, -0.1) is 10.2 Å². The second-order valence-corrected chi connectivity index (χ2v) is 4.30. The molecular formula is C10H18N4. The van der Waals surface area contributed by atoms with Crippen LogP contribution in [-0.2, 0) is 13.6 Å². The van der Waals surface area contributed by atoms with E-state index in [0.717, 1.165) is 30.7 Å². The van der Waals surface area contributed by atoms with Crippen LogP contribution in [0.4, 0.5) is 0 Å². The number of nitrogens with one attached hydrogen (secondary N) is 1. The number of aryl methyl sites for hydroxylation is 1. The summed E-state index contributed by atoms with van der Waals surface area (Å²) in [5.41, 5.74) is 0. The Morgan fingerprint density at radius 2 is 2.43 bits per heavy atom. The average Bonchev–Trinajstić information content (AvgIpc) is 2.93. The molecule has 1 atom stereocenters. The minimum atomic E-state index is 0.809. The van der Waals surface area contributed by atoms with E-state index < -0.39 is 0 Å². The molecule has 0 bridgehead atoms. The van der Waals surface area contributed by atoms with Crippen molar-refractivity contribution in [2.45, 2.75) is 26.3 Å². The third kappa shape index (κ3) is 2.32. The highest BCUT2D eigenvalue weighted by Gasteiger charge is 2.27. The smallest absolute Gasteiger partial charge is 0.146 e. The molecule has 1 saturated carbocycles. The maximum atomic E-state index is 4.02. The molecule has 4 heteroatoms. The minimum Gasteiger partial charge on any atom is -0.320 e. The van der Waals surface area contributed by atoms with Crippen molar-refractivity contribution in [1.82, 2.24) is 20.1 Å². The fourth-order valence-electron chi connectivity index (χ4n) is 1.71. The maximum Gasteiger partial charge on any atom is 0.146 e. The number of hydrogen-bond donors (Lipinski definition) is 1. The van der Waals surface area contributed by atoms with Gasteiger partial charge in [0, 0.05) is 7.05 Å². The molecule has 0 amide bonds. The molecule has 1 aliphatic rings. The number of rotatable bonds is 5. The summed E-state index contributed by atoms with van der Waals surface area (Å²) in [5.74, 6) is 2.79. The predicted molar refractivity (Wildman–Crippen MR) is 54.6 cm³/mol. The van der Waals surface area contributed by atoms with Gasteiger partial charge in [-0.2, -0.15) is 0 Å². The van der Waals surface area contributed by atoms with Crippen molar-refractivity contribution in [3.8, 4) is 0 Å². The van der Waals surface area contributed by atoms with Crippen molar-refractivity contribution in [2.75, 3.05) is 6.54 Å². The Hall–Kier alpha value is -0.900. The second kappa shape index (κ2) is 4.09. The molecule has 2 rings (SSSR count). The molecule has 1 unspecified atom stereocenters. The minimum absolute atomic E-state index is 0.809. The summed E-state index contributed by atoms with van der Waals surface area (Å²) in [4.78, 5) is 0. The lowest BCUT2D eigenvalue weighted by Crippen LogP contribution is -2.23. The van der Waals surface area contributed by atoms with E-state index in [-0.39, 0.29) is 0 Å². The fraction of sp³-hybridized carbons (Fsp3) is 0.800. The van der Waals surface area contributed by atoms with Crippen molar-refractivity contribution >= 4 is 0 Å². The quantitative estimate of drug-likeness (QED) is 0.759. The number of hydrogen-bond acceptors (Lipinski definition) is 3. The second-order valence-electron chi connectivity index (χ2n) is 4.30. The van der Waals surface area contributed by atoms with E-state index in [1.807, 2.05) is 11.6 Å². The Morgan fingerprint density at radius 3 is 3.00 bits per heavy atom. The Morgan fingerprint density at radius 1 is 1.64 bits per heavy atom. The normalized spacial score (nSPS) is 18.4. The van der Waals surface area contributed by atoms with E-state index >= 15 is 0 Å². The van der Waals surface area contributed by atoms with Gasteiger partial charge in [0.1, 0.15) is 12.2 Å². The summed E-state index contributed by atoms with van der Waals surface area (Å²) in [6, 6.07) is 0. The van der Waals surface area contributed by atoms with Crippen LogP contribution in [0.1, 0.15) is 25.6 Å². The van der Waals surface area contributed by atoms with Gasteiger partial charge in [-0.25, -0.2) is 0 Å². The Balaban J connectivity index is 1.69. The molecule has 4 nitrogen and oxygen atoms in total. The summed E-state index contributed by atoms with van der Waals surface area (Å²) in [5, 5.41) is 11.3. The van der Waals surface area contributed by atoms with Crippen LogP contribution < -0.4 is 5.32 Å². The molecule has 78 valence electrons. The van der Waals surface area contributed by atoms with E-state index in [9.17, 15) is 0 Å². The van der Waals surface area contributed by atoms with Crippen LogP contribution in [0.5, 0.6) is 0 Å². The summed E-state index contributed by atoms with van der Waals surface area (Å²) in [6.07, 6.45) is 4.58. The summed E-state index contributed by atoms with van der Waals surface area (Å²) in [6.45, 7) is 4.24. The largest absolute Gasteiger partial charge is 0.320 e. The maximum absolute atomic E-state index is 4.02. The van der Waals surface area contributed by atoms with Gasteiger partial charge in [0.15, 0.2) is 0 Å². The monoisotopic (exact) mass is 194 g/mol. The standard InChI is InChI=1S/C10H18N4/c1-8(9-3-4-9)5-11-6-10-13-12-7-14(10)2/h7-9,11H,3-6H2,1-2H3. The van der Waals surface area contributed by atoms with Gasteiger partial charge < -0.3 is 9.88 Å². The van der Waals surface area contributed by atoms with E-state index in [2.05, 4.69) is 22.4 Å². The zero-order valence-electron chi connectivity index (χ0n) is 8.90. The highest BCUT2D eigenvalue weighted by atomic mass is 15.3. The zero-order chi connectivity index (χ0) is 9.97.